The van der Waals surface area contributed by atoms with Gasteiger partial charge in [0.1, 0.15) is 0 Å². The molecular weight excluding hydrogens is 443 g/mol. The quantitative estimate of drug-likeness (QED) is 0.318. The minimum Gasteiger partial charge on any atom is -0.413 e. The number of anilines is 1. The minimum atomic E-state index is -2.41. The van der Waals surface area contributed by atoms with Gasteiger partial charge < -0.3 is 4.23 Å². The maximum absolute atomic E-state index is 2.86. The molecule has 3 heteroatoms. The van der Waals surface area contributed by atoms with Gasteiger partial charge in [0.2, 0.25) is 8.24 Å². The topological polar surface area (TPSA) is 3.24 Å². The van der Waals surface area contributed by atoms with Gasteiger partial charge in [-0.15, -0.1) is 0 Å². The third-order valence-electron chi connectivity index (χ3n) is 6.68. The first-order chi connectivity index (χ1) is 16.8. The number of benzene rings is 5. The number of hydrogen-bond donors (Lipinski definition) is 0. The first-order valence-corrected chi connectivity index (χ1v) is 16.0. The zero-order valence-electron chi connectivity index (χ0n) is 19.5. The molecule has 0 saturated carbocycles. The molecule has 0 unspecified atom stereocenters. The molecule has 0 heterocycles. The van der Waals surface area contributed by atoms with E-state index in [0.717, 1.165) is 0 Å². The second kappa shape index (κ2) is 10.1. The summed E-state index contributed by atoms with van der Waals surface area (Å²) in [5, 5.41) is 5.72. The summed E-state index contributed by atoms with van der Waals surface area (Å²) in [6, 6.07) is 55.7. The van der Waals surface area contributed by atoms with Crippen molar-refractivity contribution in [2.45, 2.75) is 6.55 Å². The lowest BCUT2D eigenvalue weighted by atomic mass is 10.3. The number of rotatable bonds is 7. The van der Waals surface area contributed by atoms with Crippen molar-refractivity contribution in [3.8, 4) is 0 Å². The molecule has 0 amide bonds. The first-order valence-electron chi connectivity index (χ1n) is 11.8. The summed E-state index contributed by atoms with van der Waals surface area (Å²) in [6.07, 6.45) is 0. The average Bonchev–Trinajstić information content (AvgIpc) is 2.93. The van der Waals surface area contributed by atoms with Gasteiger partial charge in [0.15, 0.2) is 8.96 Å². The summed E-state index contributed by atoms with van der Waals surface area (Å²) in [6.45, 7) is 2.52. The number of nitrogens with zero attached hydrogens (tertiary/aromatic N) is 1. The Morgan fingerprint density at radius 3 is 1.15 bits per heavy atom. The summed E-state index contributed by atoms with van der Waals surface area (Å²) in [7, 11) is -4.27. The molecule has 34 heavy (non-hydrogen) atoms. The summed E-state index contributed by atoms with van der Waals surface area (Å²) in [4.78, 5) is 0. The van der Waals surface area contributed by atoms with Crippen LogP contribution < -0.4 is 25.0 Å². The Labute approximate surface area is 205 Å². The molecule has 0 N–H and O–H groups in total. The molecule has 0 bridgehead atoms. The van der Waals surface area contributed by atoms with E-state index in [-0.39, 0.29) is 0 Å². The highest BCUT2D eigenvalue weighted by atomic mass is 28.4. The van der Waals surface area contributed by atoms with Crippen molar-refractivity contribution >= 4 is 43.6 Å². The van der Waals surface area contributed by atoms with Crippen molar-refractivity contribution < 1.29 is 0 Å². The summed E-state index contributed by atoms with van der Waals surface area (Å²) < 4.78 is 2.86. The van der Waals surface area contributed by atoms with Crippen LogP contribution in [0.15, 0.2) is 152 Å². The lowest BCUT2D eigenvalue weighted by molar-refractivity contribution is 1.44. The number of para-hydroxylation sites is 1. The SMILES string of the molecule is C[Si](c1ccccc1)(c1ccccc1)N(c1ccccc1)[SiH](c1ccccc1)c1ccccc1. The van der Waals surface area contributed by atoms with E-state index in [4.69, 9.17) is 0 Å². The molecule has 0 atom stereocenters. The van der Waals surface area contributed by atoms with Gasteiger partial charge >= 0.3 is 0 Å². The molecule has 5 rings (SSSR count). The fraction of sp³-hybridized carbons (Fsp3) is 0.0323. The van der Waals surface area contributed by atoms with Crippen molar-refractivity contribution in [1.82, 2.24) is 0 Å². The predicted octanol–water partition coefficient (Wildman–Crippen LogP) is 4.42. The Kier molecular flexibility index (Phi) is 6.56. The summed E-state index contributed by atoms with van der Waals surface area (Å²) in [5.74, 6) is 0. The standard InChI is InChI=1S/C31H29NSi2/c1-34(30-23-13-5-14-24-30,31-25-15-6-16-26-31)32(27-17-7-2-8-18-27)33(28-19-9-3-10-20-28)29-21-11-4-12-22-29/h2-26,33H,1H3. The normalized spacial score (nSPS) is 11.4. The highest BCUT2D eigenvalue weighted by Crippen LogP contribution is 2.24. The van der Waals surface area contributed by atoms with Gasteiger partial charge in [-0.3, -0.25) is 0 Å². The van der Waals surface area contributed by atoms with Crippen LogP contribution in [-0.2, 0) is 0 Å². The van der Waals surface area contributed by atoms with E-state index in [1.807, 2.05) is 0 Å². The zero-order valence-corrected chi connectivity index (χ0v) is 21.6. The Hall–Kier alpha value is -3.67. The van der Waals surface area contributed by atoms with Crippen LogP contribution in [0.5, 0.6) is 0 Å². The molecule has 166 valence electrons. The Morgan fingerprint density at radius 1 is 0.441 bits per heavy atom. The molecule has 5 aromatic rings. The molecule has 0 aliphatic carbocycles. The van der Waals surface area contributed by atoms with Gasteiger partial charge in [-0.1, -0.05) is 140 Å². The third kappa shape index (κ3) is 4.28. The Bertz CT molecular complexity index is 1220. The molecular formula is C31H29NSi2. The van der Waals surface area contributed by atoms with Crippen molar-refractivity contribution in [2.75, 3.05) is 4.23 Å². The number of hydrogen-bond acceptors (Lipinski definition) is 1. The van der Waals surface area contributed by atoms with Crippen LogP contribution in [0.2, 0.25) is 6.55 Å². The zero-order chi connectivity index (χ0) is 23.2. The van der Waals surface area contributed by atoms with Crippen molar-refractivity contribution in [1.29, 1.82) is 0 Å². The van der Waals surface area contributed by atoms with Crippen molar-refractivity contribution in [2.24, 2.45) is 0 Å². The lowest BCUT2D eigenvalue weighted by Crippen LogP contribution is -2.76. The highest BCUT2D eigenvalue weighted by molar-refractivity contribution is 7.14. The molecule has 0 aliphatic rings. The van der Waals surface area contributed by atoms with E-state index < -0.39 is 17.2 Å². The van der Waals surface area contributed by atoms with E-state index >= 15 is 0 Å². The van der Waals surface area contributed by atoms with E-state index in [9.17, 15) is 0 Å². The van der Waals surface area contributed by atoms with E-state index in [0.29, 0.717) is 0 Å². The molecule has 0 spiro atoms. The Balaban J connectivity index is 1.84. The minimum absolute atomic E-state index is 1.30. The monoisotopic (exact) mass is 471 g/mol. The molecule has 1 nitrogen and oxygen atoms in total. The van der Waals surface area contributed by atoms with E-state index in [2.05, 4.69) is 162 Å². The van der Waals surface area contributed by atoms with E-state index in [1.54, 1.807) is 0 Å². The average molecular weight is 472 g/mol. The summed E-state index contributed by atoms with van der Waals surface area (Å²) in [5.41, 5.74) is 1.30. The van der Waals surface area contributed by atoms with Gasteiger partial charge in [0, 0.05) is 5.69 Å². The van der Waals surface area contributed by atoms with Crippen LogP contribution in [0.3, 0.4) is 0 Å². The van der Waals surface area contributed by atoms with Crippen molar-refractivity contribution in [3.05, 3.63) is 152 Å². The molecule has 0 radical (unpaired) electrons. The fourth-order valence-electron chi connectivity index (χ4n) is 4.99. The van der Waals surface area contributed by atoms with Crippen LogP contribution in [0, 0.1) is 0 Å². The fourth-order valence-corrected chi connectivity index (χ4v) is 14.7. The largest absolute Gasteiger partial charge is 0.413 e. The highest BCUT2D eigenvalue weighted by Gasteiger charge is 2.44. The van der Waals surface area contributed by atoms with Crippen LogP contribution in [0.1, 0.15) is 0 Å². The van der Waals surface area contributed by atoms with E-state index in [1.165, 1.54) is 26.4 Å². The molecule has 0 saturated heterocycles. The molecule has 0 aliphatic heterocycles. The van der Waals surface area contributed by atoms with Gasteiger partial charge in [0.25, 0.3) is 0 Å². The second-order valence-electron chi connectivity index (χ2n) is 8.73. The molecule has 5 aromatic carbocycles. The molecule has 0 fully saturated rings. The van der Waals surface area contributed by atoms with Gasteiger partial charge in [-0.05, 0) is 39.4 Å². The summed E-state index contributed by atoms with van der Waals surface area (Å²) >= 11 is 0. The van der Waals surface area contributed by atoms with Gasteiger partial charge in [0.05, 0.1) is 0 Å². The molecule has 0 aromatic heterocycles. The van der Waals surface area contributed by atoms with Crippen LogP contribution >= 0.6 is 0 Å². The van der Waals surface area contributed by atoms with Gasteiger partial charge in [-0.25, -0.2) is 0 Å². The third-order valence-corrected chi connectivity index (χ3v) is 16.0. The van der Waals surface area contributed by atoms with Gasteiger partial charge in [-0.2, -0.15) is 0 Å². The maximum atomic E-state index is 2.86. The maximum Gasteiger partial charge on any atom is 0.209 e. The van der Waals surface area contributed by atoms with Crippen LogP contribution in [0.4, 0.5) is 5.69 Å². The van der Waals surface area contributed by atoms with Crippen molar-refractivity contribution in [3.63, 3.8) is 0 Å². The lowest BCUT2D eigenvalue weighted by Gasteiger charge is -2.47. The Morgan fingerprint density at radius 2 is 0.765 bits per heavy atom. The second-order valence-corrected chi connectivity index (χ2v) is 15.7. The van der Waals surface area contributed by atoms with Crippen LogP contribution in [0.25, 0.3) is 0 Å². The first kappa shape index (κ1) is 22.1. The predicted molar refractivity (Wildman–Crippen MR) is 152 cm³/mol. The smallest absolute Gasteiger partial charge is 0.209 e. The van der Waals surface area contributed by atoms with Crippen LogP contribution in [-0.4, -0.2) is 17.2 Å².